The number of aromatic nitrogens is 2. The third kappa shape index (κ3) is 3.49. The first-order valence-corrected chi connectivity index (χ1v) is 7.56. The number of para-hydroxylation sites is 2. The van der Waals surface area contributed by atoms with Crippen molar-refractivity contribution in [2.45, 2.75) is 18.9 Å². The Labute approximate surface area is 125 Å². The molecule has 3 rings (SSSR count). The third-order valence-electron chi connectivity index (χ3n) is 3.93. The fraction of sp³-hybridized carbons (Fsp3) is 0.500. The van der Waals surface area contributed by atoms with E-state index < -0.39 is 0 Å². The van der Waals surface area contributed by atoms with Gasteiger partial charge in [0.1, 0.15) is 5.82 Å². The summed E-state index contributed by atoms with van der Waals surface area (Å²) in [5, 5.41) is 3.54. The molecule has 21 heavy (non-hydrogen) atoms. The van der Waals surface area contributed by atoms with Crippen molar-refractivity contribution in [3.63, 3.8) is 0 Å². The summed E-state index contributed by atoms with van der Waals surface area (Å²) in [5.74, 6) is 0.930. The lowest BCUT2D eigenvalue weighted by Crippen LogP contribution is -2.39. The van der Waals surface area contributed by atoms with E-state index in [1.165, 1.54) is 12.8 Å². The molecule has 1 unspecified atom stereocenters. The number of nitrogens with one attached hydrogen (secondary N) is 1. The van der Waals surface area contributed by atoms with E-state index in [-0.39, 0.29) is 0 Å². The normalized spacial score (nSPS) is 18.2. The summed E-state index contributed by atoms with van der Waals surface area (Å²) in [4.78, 5) is 11.5. The van der Waals surface area contributed by atoms with E-state index in [1.54, 1.807) is 7.11 Å². The SMILES string of the molecule is COCCN(CC1CCCN1)c1cnc2ccccc2n1. The Morgan fingerprint density at radius 1 is 1.33 bits per heavy atom. The topological polar surface area (TPSA) is 50.3 Å². The van der Waals surface area contributed by atoms with Crippen LogP contribution in [0.15, 0.2) is 30.5 Å². The Morgan fingerprint density at radius 2 is 2.19 bits per heavy atom. The molecule has 1 N–H and O–H groups in total. The highest BCUT2D eigenvalue weighted by Crippen LogP contribution is 2.17. The molecule has 1 saturated heterocycles. The maximum atomic E-state index is 5.24. The minimum absolute atomic E-state index is 0.537. The Hall–Kier alpha value is -1.72. The van der Waals surface area contributed by atoms with Gasteiger partial charge in [-0.3, -0.25) is 4.98 Å². The summed E-state index contributed by atoms with van der Waals surface area (Å²) in [6.07, 6.45) is 4.35. The van der Waals surface area contributed by atoms with Crippen LogP contribution in [0.25, 0.3) is 11.0 Å². The fourth-order valence-electron chi connectivity index (χ4n) is 2.78. The van der Waals surface area contributed by atoms with E-state index >= 15 is 0 Å². The van der Waals surface area contributed by atoms with Crippen molar-refractivity contribution < 1.29 is 4.74 Å². The second-order valence-electron chi connectivity index (χ2n) is 5.45. The van der Waals surface area contributed by atoms with E-state index in [2.05, 4.69) is 15.2 Å². The summed E-state index contributed by atoms with van der Waals surface area (Å²) < 4.78 is 5.24. The molecule has 1 aromatic carbocycles. The number of ether oxygens (including phenoxy) is 1. The summed E-state index contributed by atoms with van der Waals surface area (Å²) in [7, 11) is 1.73. The number of benzene rings is 1. The lowest BCUT2D eigenvalue weighted by Gasteiger charge is -2.26. The van der Waals surface area contributed by atoms with E-state index in [4.69, 9.17) is 9.72 Å². The number of fused-ring (bicyclic) bond motifs is 1. The first-order valence-electron chi connectivity index (χ1n) is 7.56. The number of anilines is 1. The number of rotatable bonds is 6. The Kier molecular flexibility index (Phi) is 4.62. The monoisotopic (exact) mass is 286 g/mol. The maximum absolute atomic E-state index is 5.24. The first-order chi connectivity index (χ1) is 10.4. The zero-order valence-corrected chi connectivity index (χ0v) is 12.5. The number of hydrogen-bond donors (Lipinski definition) is 1. The van der Waals surface area contributed by atoms with Gasteiger partial charge in [0, 0.05) is 26.2 Å². The molecule has 0 spiro atoms. The van der Waals surface area contributed by atoms with Gasteiger partial charge < -0.3 is 15.0 Å². The van der Waals surface area contributed by atoms with Crippen LogP contribution in [-0.4, -0.2) is 49.4 Å². The van der Waals surface area contributed by atoms with Crippen LogP contribution in [0.4, 0.5) is 5.82 Å². The molecule has 2 heterocycles. The Morgan fingerprint density at radius 3 is 2.95 bits per heavy atom. The van der Waals surface area contributed by atoms with Crippen molar-refractivity contribution >= 4 is 16.9 Å². The van der Waals surface area contributed by atoms with E-state index in [9.17, 15) is 0 Å². The van der Waals surface area contributed by atoms with Crippen LogP contribution in [-0.2, 0) is 4.74 Å². The molecule has 0 amide bonds. The van der Waals surface area contributed by atoms with Crippen molar-refractivity contribution in [3.8, 4) is 0 Å². The van der Waals surface area contributed by atoms with Gasteiger partial charge in [-0.05, 0) is 31.5 Å². The van der Waals surface area contributed by atoms with Gasteiger partial charge in [0.2, 0.25) is 0 Å². The standard InChI is InChI=1S/C16H22N4O/c1-21-10-9-20(12-13-5-4-8-17-13)16-11-18-14-6-2-3-7-15(14)19-16/h2-3,6-7,11,13,17H,4-5,8-10,12H2,1H3. The average Bonchev–Trinajstić information content (AvgIpc) is 3.04. The molecule has 5 nitrogen and oxygen atoms in total. The lowest BCUT2D eigenvalue weighted by molar-refractivity contribution is 0.204. The molecule has 5 heteroatoms. The maximum Gasteiger partial charge on any atom is 0.147 e. The van der Waals surface area contributed by atoms with Gasteiger partial charge in [-0.1, -0.05) is 12.1 Å². The average molecular weight is 286 g/mol. The van der Waals surface area contributed by atoms with Crippen molar-refractivity contribution in [1.82, 2.24) is 15.3 Å². The number of nitrogens with zero attached hydrogens (tertiary/aromatic N) is 3. The Bertz CT molecular complexity index is 583. The van der Waals surface area contributed by atoms with Crippen molar-refractivity contribution in [3.05, 3.63) is 30.5 Å². The molecule has 0 bridgehead atoms. The van der Waals surface area contributed by atoms with Gasteiger partial charge in [-0.25, -0.2) is 4.98 Å². The number of hydrogen-bond acceptors (Lipinski definition) is 5. The van der Waals surface area contributed by atoms with Crippen LogP contribution in [0.5, 0.6) is 0 Å². The molecule has 1 atom stereocenters. The summed E-state index contributed by atoms with van der Waals surface area (Å²) in [6.45, 7) is 3.60. The highest BCUT2D eigenvalue weighted by Gasteiger charge is 2.19. The van der Waals surface area contributed by atoms with Gasteiger partial charge in [0.25, 0.3) is 0 Å². The van der Waals surface area contributed by atoms with Gasteiger partial charge >= 0.3 is 0 Å². The van der Waals surface area contributed by atoms with Gasteiger partial charge in [0.15, 0.2) is 0 Å². The second-order valence-corrected chi connectivity index (χ2v) is 5.45. The first kappa shape index (κ1) is 14.2. The molecule has 1 aliphatic rings. The molecule has 1 fully saturated rings. The van der Waals surface area contributed by atoms with Gasteiger partial charge in [0.05, 0.1) is 23.8 Å². The smallest absolute Gasteiger partial charge is 0.147 e. The quantitative estimate of drug-likeness (QED) is 0.878. The predicted molar refractivity (Wildman–Crippen MR) is 84.7 cm³/mol. The minimum Gasteiger partial charge on any atom is -0.383 e. The minimum atomic E-state index is 0.537. The van der Waals surface area contributed by atoms with E-state index in [0.29, 0.717) is 12.6 Å². The van der Waals surface area contributed by atoms with Crippen LogP contribution in [0.2, 0.25) is 0 Å². The summed E-state index contributed by atoms with van der Waals surface area (Å²) in [5.41, 5.74) is 1.88. The molecule has 2 aromatic rings. The molecule has 0 radical (unpaired) electrons. The fourth-order valence-corrected chi connectivity index (χ4v) is 2.78. The van der Waals surface area contributed by atoms with Gasteiger partial charge in [-0.15, -0.1) is 0 Å². The van der Waals surface area contributed by atoms with Crippen molar-refractivity contribution in [1.29, 1.82) is 0 Å². The third-order valence-corrected chi connectivity index (χ3v) is 3.93. The second kappa shape index (κ2) is 6.83. The Balaban J connectivity index is 1.81. The largest absolute Gasteiger partial charge is 0.383 e. The molecular weight excluding hydrogens is 264 g/mol. The highest BCUT2D eigenvalue weighted by molar-refractivity contribution is 5.75. The van der Waals surface area contributed by atoms with Gasteiger partial charge in [-0.2, -0.15) is 0 Å². The van der Waals surface area contributed by atoms with Crippen LogP contribution in [0.1, 0.15) is 12.8 Å². The predicted octanol–water partition coefficient (Wildman–Crippen LogP) is 1.83. The van der Waals surface area contributed by atoms with Crippen molar-refractivity contribution in [2.75, 3.05) is 38.3 Å². The van der Waals surface area contributed by atoms with Crippen LogP contribution < -0.4 is 10.2 Å². The highest BCUT2D eigenvalue weighted by atomic mass is 16.5. The summed E-state index contributed by atoms with van der Waals surface area (Å²) in [6, 6.07) is 8.52. The molecule has 1 aliphatic heterocycles. The zero-order chi connectivity index (χ0) is 14.5. The van der Waals surface area contributed by atoms with Crippen LogP contribution >= 0.6 is 0 Å². The van der Waals surface area contributed by atoms with Crippen LogP contribution in [0, 0.1) is 0 Å². The molecule has 0 aliphatic carbocycles. The van der Waals surface area contributed by atoms with Crippen LogP contribution in [0.3, 0.4) is 0 Å². The summed E-state index contributed by atoms with van der Waals surface area (Å²) >= 11 is 0. The molecule has 112 valence electrons. The zero-order valence-electron chi connectivity index (χ0n) is 12.5. The molecule has 0 saturated carbocycles. The number of methoxy groups -OCH3 is 1. The molecule has 1 aromatic heterocycles. The molecular formula is C16H22N4O. The van der Waals surface area contributed by atoms with Crippen molar-refractivity contribution in [2.24, 2.45) is 0 Å². The van der Waals surface area contributed by atoms with E-state index in [0.717, 1.165) is 36.5 Å². The lowest BCUT2D eigenvalue weighted by atomic mass is 10.2. The van der Waals surface area contributed by atoms with E-state index in [1.807, 2.05) is 30.5 Å².